The van der Waals surface area contributed by atoms with Crippen LogP contribution in [0.15, 0.2) is 72.0 Å². The van der Waals surface area contributed by atoms with Crippen molar-refractivity contribution in [1.82, 2.24) is 25.3 Å². The molecule has 0 aliphatic heterocycles. The van der Waals surface area contributed by atoms with Gasteiger partial charge in [0.15, 0.2) is 5.96 Å². The fourth-order valence-electron chi connectivity index (χ4n) is 3.36. The smallest absolute Gasteiger partial charge is 0.191 e. The molecule has 1 aromatic heterocycles. The monoisotopic (exact) mass is 536 g/mol. The van der Waals surface area contributed by atoms with Gasteiger partial charge in [0.05, 0.1) is 12.6 Å². The van der Waals surface area contributed by atoms with Crippen LogP contribution in [-0.2, 0) is 13.1 Å². The fraction of sp³-hybridized carbons (Fsp3) is 0.304. The van der Waals surface area contributed by atoms with Gasteiger partial charge in [-0.05, 0) is 49.0 Å². The molecule has 0 saturated heterocycles. The average molecular weight is 536 g/mol. The zero-order valence-electron chi connectivity index (χ0n) is 18.1. The minimum absolute atomic E-state index is 0. The van der Waals surface area contributed by atoms with Crippen molar-refractivity contribution in [3.63, 3.8) is 0 Å². The standard InChI is InChI=1S/C23H29FN6.HI/c1-25-23(27-16-22(29(2)3)18-10-6-11-21(24)14-18)26-15-19-8-4-5-9-20(19)17-30-13-7-12-28-30;/h4-14,22H,15-17H2,1-3H3,(H2,25,26,27);1H. The van der Waals surface area contributed by atoms with Gasteiger partial charge in [-0.2, -0.15) is 5.10 Å². The second-order valence-corrected chi connectivity index (χ2v) is 7.31. The normalized spacial score (nSPS) is 12.4. The fourth-order valence-corrected chi connectivity index (χ4v) is 3.36. The van der Waals surface area contributed by atoms with E-state index in [9.17, 15) is 4.39 Å². The predicted molar refractivity (Wildman–Crippen MR) is 134 cm³/mol. The van der Waals surface area contributed by atoms with Gasteiger partial charge in [-0.15, -0.1) is 24.0 Å². The summed E-state index contributed by atoms with van der Waals surface area (Å²) in [5.74, 6) is 0.475. The van der Waals surface area contributed by atoms with Crippen molar-refractivity contribution in [3.8, 4) is 0 Å². The molecule has 3 aromatic rings. The molecular formula is C23H30FIN6. The number of nitrogens with one attached hydrogen (secondary N) is 2. The number of benzene rings is 2. The molecule has 3 rings (SSSR count). The van der Waals surface area contributed by atoms with Crippen LogP contribution in [0.4, 0.5) is 4.39 Å². The van der Waals surface area contributed by atoms with Gasteiger partial charge < -0.3 is 15.5 Å². The molecule has 0 aliphatic rings. The Hall–Kier alpha value is -2.46. The number of halogens is 2. The van der Waals surface area contributed by atoms with E-state index in [2.05, 4.69) is 37.8 Å². The SMILES string of the molecule is CN=C(NCc1ccccc1Cn1cccn1)NCC(c1cccc(F)c1)N(C)C.I. The van der Waals surface area contributed by atoms with Crippen molar-refractivity contribution in [2.75, 3.05) is 27.7 Å². The summed E-state index contributed by atoms with van der Waals surface area (Å²) in [6.45, 7) is 1.97. The van der Waals surface area contributed by atoms with Gasteiger partial charge in [-0.1, -0.05) is 36.4 Å². The van der Waals surface area contributed by atoms with Crippen LogP contribution in [0, 0.1) is 5.82 Å². The summed E-state index contributed by atoms with van der Waals surface area (Å²) < 4.78 is 15.6. The number of hydrogen-bond donors (Lipinski definition) is 2. The maximum absolute atomic E-state index is 13.7. The molecule has 31 heavy (non-hydrogen) atoms. The third kappa shape index (κ3) is 7.32. The number of likely N-dealkylation sites (N-methyl/N-ethyl adjacent to an activating group) is 1. The summed E-state index contributed by atoms with van der Waals surface area (Å²) in [6.07, 6.45) is 3.74. The second kappa shape index (κ2) is 12.4. The quantitative estimate of drug-likeness (QED) is 0.262. The summed E-state index contributed by atoms with van der Waals surface area (Å²) in [4.78, 5) is 6.40. The average Bonchev–Trinajstić information content (AvgIpc) is 3.24. The summed E-state index contributed by atoms with van der Waals surface area (Å²) in [6, 6.07) is 17.0. The first-order chi connectivity index (χ1) is 14.6. The number of guanidine groups is 1. The highest BCUT2D eigenvalue weighted by molar-refractivity contribution is 14.0. The van der Waals surface area contributed by atoms with Crippen LogP contribution in [0.5, 0.6) is 0 Å². The van der Waals surface area contributed by atoms with E-state index in [1.165, 1.54) is 17.2 Å². The van der Waals surface area contributed by atoms with Gasteiger partial charge in [-0.25, -0.2) is 4.39 Å². The van der Waals surface area contributed by atoms with E-state index in [-0.39, 0.29) is 35.8 Å². The van der Waals surface area contributed by atoms with Gasteiger partial charge in [-0.3, -0.25) is 9.67 Å². The lowest BCUT2D eigenvalue weighted by Crippen LogP contribution is -2.41. The van der Waals surface area contributed by atoms with Crippen molar-refractivity contribution >= 4 is 29.9 Å². The van der Waals surface area contributed by atoms with Crippen molar-refractivity contribution in [2.24, 2.45) is 4.99 Å². The molecule has 0 radical (unpaired) electrons. The lowest BCUT2D eigenvalue weighted by molar-refractivity contribution is 0.297. The van der Waals surface area contributed by atoms with E-state index >= 15 is 0 Å². The molecule has 0 amide bonds. The number of nitrogens with zero attached hydrogens (tertiary/aromatic N) is 4. The van der Waals surface area contributed by atoms with E-state index in [4.69, 9.17) is 0 Å². The van der Waals surface area contributed by atoms with Gasteiger partial charge >= 0.3 is 0 Å². The molecule has 0 aliphatic carbocycles. The van der Waals surface area contributed by atoms with E-state index in [0.29, 0.717) is 19.0 Å². The first kappa shape index (κ1) is 24.8. The molecule has 0 spiro atoms. The topological polar surface area (TPSA) is 57.5 Å². The molecule has 1 heterocycles. The van der Waals surface area contributed by atoms with E-state index < -0.39 is 0 Å². The highest BCUT2D eigenvalue weighted by Crippen LogP contribution is 2.18. The van der Waals surface area contributed by atoms with Crippen molar-refractivity contribution in [3.05, 3.63) is 89.5 Å². The molecule has 0 fully saturated rings. The first-order valence-electron chi connectivity index (χ1n) is 9.97. The Morgan fingerprint density at radius 2 is 1.87 bits per heavy atom. The molecular weight excluding hydrogens is 506 g/mol. The van der Waals surface area contributed by atoms with Gasteiger partial charge in [0, 0.05) is 32.5 Å². The Balaban J connectivity index is 0.00000341. The number of hydrogen-bond acceptors (Lipinski definition) is 3. The van der Waals surface area contributed by atoms with Crippen LogP contribution in [0.1, 0.15) is 22.7 Å². The molecule has 0 saturated carbocycles. The molecule has 1 atom stereocenters. The van der Waals surface area contributed by atoms with Crippen molar-refractivity contribution in [2.45, 2.75) is 19.1 Å². The maximum Gasteiger partial charge on any atom is 0.191 e. The Bertz CT molecular complexity index is 958. The molecule has 8 heteroatoms. The third-order valence-corrected chi connectivity index (χ3v) is 5.00. The maximum atomic E-state index is 13.7. The largest absolute Gasteiger partial charge is 0.354 e. The number of aliphatic imine (C=N–C) groups is 1. The van der Waals surface area contributed by atoms with Crippen LogP contribution in [0.2, 0.25) is 0 Å². The van der Waals surface area contributed by atoms with Gasteiger partial charge in [0.1, 0.15) is 5.82 Å². The number of rotatable bonds is 8. The third-order valence-electron chi connectivity index (χ3n) is 5.00. The molecule has 6 nitrogen and oxygen atoms in total. The van der Waals surface area contributed by atoms with Crippen molar-refractivity contribution < 1.29 is 4.39 Å². The summed E-state index contributed by atoms with van der Waals surface area (Å²) in [5.41, 5.74) is 3.31. The lowest BCUT2D eigenvalue weighted by Gasteiger charge is -2.26. The molecule has 1 unspecified atom stereocenters. The van der Waals surface area contributed by atoms with E-state index in [1.54, 1.807) is 25.4 Å². The second-order valence-electron chi connectivity index (χ2n) is 7.31. The number of aromatic nitrogens is 2. The molecule has 0 bridgehead atoms. The van der Waals surface area contributed by atoms with Crippen molar-refractivity contribution in [1.29, 1.82) is 0 Å². The zero-order chi connectivity index (χ0) is 21.3. The van der Waals surface area contributed by atoms with Crippen LogP contribution < -0.4 is 10.6 Å². The Labute approximate surface area is 200 Å². The molecule has 166 valence electrons. The zero-order valence-corrected chi connectivity index (χ0v) is 20.5. The highest BCUT2D eigenvalue weighted by atomic mass is 127. The van der Waals surface area contributed by atoms with Gasteiger partial charge in [0.25, 0.3) is 0 Å². The summed E-state index contributed by atoms with van der Waals surface area (Å²) in [5, 5.41) is 11.0. The predicted octanol–water partition coefficient (Wildman–Crippen LogP) is 3.66. The van der Waals surface area contributed by atoms with Crippen LogP contribution in [0.3, 0.4) is 0 Å². The lowest BCUT2D eigenvalue weighted by atomic mass is 10.1. The Morgan fingerprint density at radius 3 is 2.52 bits per heavy atom. The minimum Gasteiger partial charge on any atom is -0.354 e. The molecule has 2 N–H and O–H groups in total. The summed E-state index contributed by atoms with van der Waals surface area (Å²) in [7, 11) is 5.72. The molecule has 2 aromatic carbocycles. The van der Waals surface area contributed by atoms with Crippen LogP contribution in [0.25, 0.3) is 0 Å². The minimum atomic E-state index is -0.226. The van der Waals surface area contributed by atoms with Crippen LogP contribution >= 0.6 is 24.0 Å². The summed E-state index contributed by atoms with van der Waals surface area (Å²) >= 11 is 0. The Morgan fingerprint density at radius 1 is 1.10 bits per heavy atom. The van der Waals surface area contributed by atoms with Gasteiger partial charge in [0.2, 0.25) is 0 Å². The van der Waals surface area contributed by atoms with E-state index in [1.807, 2.05) is 49.2 Å². The van der Waals surface area contributed by atoms with E-state index in [0.717, 1.165) is 12.1 Å². The highest BCUT2D eigenvalue weighted by Gasteiger charge is 2.15. The Kier molecular flexibility index (Phi) is 9.93. The van der Waals surface area contributed by atoms with Crippen LogP contribution in [-0.4, -0.2) is 48.3 Å². The first-order valence-corrected chi connectivity index (χ1v) is 9.97.